The largest absolute Gasteiger partial charge is 0.439 e. The molecule has 3 rings (SSSR count). The molecule has 0 bridgehead atoms. The van der Waals surface area contributed by atoms with Crippen molar-refractivity contribution in [3.8, 4) is 11.6 Å². The Morgan fingerprint density at radius 2 is 1.77 bits per heavy atom. The zero-order valence-corrected chi connectivity index (χ0v) is 15.3. The molecule has 3 aromatic rings. The standard InChI is InChI=1S/C19H13F6N3O2/c1-28(10-18(20,21)22)17(29)15-5-2-11-8-13(4-6-14(11)27-15)30-16-7-3-12(9-26-16)19(23,24)25/h2-9H,10H2,1H3. The summed E-state index contributed by atoms with van der Waals surface area (Å²) in [6.07, 6.45) is -8.39. The smallest absolute Gasteiger partial charge is 0.417 e. The van der Waals surface area contributed by atoms with E-state index in [-0.39, 0.29) is 17.3 Å². The summed E-state index contributed by atoms with van der Waals surface area (Å²) in [7, 11) is 1.02. The molecule has 0 atom stereocenters. The molecule has 0 fully saturated rings. The van der Waals surface area contributed by atoms with Crippen molar-refractivity contribution in [2.45, 2.75) is 12.4 Å². The van der Waals surface area contributed by atoms with Crippen LogP contribution in [0.15, 0.2) is 48.7 Å². The number of aromatic nitrogens is 2. The Kier molecular flexibility index (Phi) is 5.55. The van der Waals surface area contributed by atoms with E-state index in [1.807, 2.05) is 0 Å². The number of alkyl halides is 6. The van der Waals surface area contributed by atoms with Gasteiger partial charge in [0.2, 0.25) is 5.88 Å². The number of amides is 1. The first kappa shape index (κ1) is 21.3. The molecule has 0 unspecified atom stereocenters. The number of hydrogen-bond acceptors (Lipinski definition) is 4. The summed E-state index contributed by atoms with van der Waals surface area (Å²) in [5.41, 5.74) is -0.744. The first-order chi connectivity index (χ1) is 13.9. The molecule has 1 aromatic carbocycles. The lowest BCUT2D eigenvalue weighted by molar-refractivity contribution is -0.138. The summed E-state index contributed by atoms with van der Waals surface area (Å²) < 4.78 is 80.5. The molecule has 1 amide bonds. The van der Waals surface area contributed by atoms with E-state index in [9.17, 15) is 31.1 Å². The van der Waals surface area contributed by atoms with Crippen LogP contribution in [0.2, 0.25) is 0 Å². The van der Waals surface area contributed by atoms with Gasteiger partial charge in [-0.15, -0.1) is 0 Å². The van der Waals surface area contributed by atoms with Gasteiger partial charge in [0.25, 0.3) is 5.91 Å². The van der Waals surface area contributed by atoms with Crippen molar-refractivity contribution < 1.29 is 35.9 Å². The van der Waals surface area contributed by atoms with Crippen molar-refractivity contribution in [1.82, 2.24) is 14.9 Å². The van der Waals surface area contributed by atoms with Gasteiger partial charge in [0.1, 0.15) is 18.0 Å². The van der Waals surface area contributed by atoms with Crippen molar-refractivity contribution in [2.75, 3.05) is 13.6 Å². The summed E-state index contributed by atoms with van der Waals surface area (Å²) in [4.78, 5) is 20.3. The Bertz CT molecular complexity index is 1060. The van der Waals surface area contributed by atoms with Crippen molar-refractivity contribution in [3.63, 3.8) is 0 Å². The second-order valence-electron chi connectivity index (χ2n) is 6.31. The molecule has 11 heteroatoms. The van der Waals surface area contributed by atoms with E-state index in [1.54, 1.807) is 0 Å². The molecule has 2 aromatic heterocycles. The van der Waals surface area contributed by atoms with Crippen LogP contribution in [-0.4, -0.2) is 40.5 Å². The Hall–Kier alpha value is -3.37. The minimum absolute atomic E-state index is 0.0594. The zero-order chi connectivity index (χ0) is 22.1. The van der Waals surface area contributed by atoms with E-state index >= 15 is 0 Å². The lowest BCUT2D eigenvalue weighted by Crippen LogP contribution is -2.36. The first-order valence-electron chi connectivity index (χ1n) is 8.36. The maximum absolute atomic E-state index is 12.6. The normalized spacial score (nSPS) is 12.1. The van der Waals surface area contributed by atoms with Gasteiger partial charge in [-0.1, -0.05) is 6.07 Å². The molecule has 0 spiro atoms. The van der Waals surface area contributed by atoms with Gasteiger partial charge in [-0.25, -0.2) is 9.97 Å². The fourth-order valence-corrected chi connectivity index (χ4v) is 2.55. The second kappa shape index (κ2) is 7.81. The maximum Gasteiger partial charge on any atom is 0.417 e. The zero-order valence-electron chi connectivity index (χ0n) is 15.3. The van der Waals surface area contributed by atoms with Gasteiger partial charge in [-0.05, 0) is 30.3 Å². The third-order valence-corrected chi connectivity index (χ3v) is 3.93. The van der Waals surface area contributed by atoms with E-state index < -0.39 is 30.4 Å². The highest BCUT2D eigenvalue weighted by atomic mass is 19.4. The van der Waals surface area contributed by atoms with Crippen LogP contribution in [0.1, 0.15) is 16.1 Å². The van der Waals surface area contributed by atoms with Gasteiger partial charge in [0.05, 0.1) is 11.1 Å². The van der Waals surface area contributed by atoms with E-state index in [1.165, 1.54) is 30.3 Å². The van der Waals surface area contributed by atoms with Crippen LogP contribution < -0.4 is 4.74 Å². The van der Waals surface area contributed by atoms with Gasteiger partial charge in [-0.2, -0.15) is 26.3 Å². The molecule has 158 valence electrons. The fourth-order valence-electron chi connectivity index (χ4n) is 2.55. The topological polar surface area (TPSA) is 55.3 Å². The summed E-state index contributed by atoms with van der Waals surface area (Å²) in [5.74, 6) is -0.691. The van der Waals surface area contributed by atoms with Crippen LogP contribution in [0.3, 0.4) is 0 Å². The monoisotopic (exact) mass is 429 g/mol. The number of benzene rings is 1. The third-order valence-electron chi connectivity index (χ3n) is 3.93. The molecular formula is C19H13F6N3O2. The van der Waals surface area contributed by atoms with Crippen LogP contribution in [-0.2, 0) is 6.18 Å². The lowest BCUT2D eigenvalue weighted by atomic mass is 10.2. The molecule has 0 saturated carbocycles. The van der Waals surface area contributed by atoms with Crippen LogP contribution >= 0.6 is 0 Å². The van der Waals surface area contributed by atoms with Gasteiger partial charge >= 0.3 is 12.4 Å². The highest BCUT2D eigenvalue weighted by Gasteiger charge is 2.32. The molecule has 5 nitrogen and oxygen atoms in total. The van der Waals surface area contributed by atoms with E-state index in [4.69, 9.17) is 4.74 Å². The van der Waals surface area contributed by atoms with Gasteiger partial charge < -0.3 is 9.64 Å². The molecule has 0 radical (unpaired) electrons. The number of ether oxygens (including phenoxy) is 1. The van der Waals surface area contributed by atoms with Crippen LogP contribution in [0.25, 0.3) is 10.9 Å². The Labute approximate surface area is 165 Å². The fraction of sp³-hybridized carbons (Fsp3) is 0.211. The maximum atomic E-state index is 12.6. The lowest BCUT2D eigenvalue weighted by Gasteiger charge is -2.18. The van der Waals surface area contributed by atoms with Crippen molar-refractivity contribution in [1.29, 1.82) is 0 Å². The second-order valence-corrected chi connectivity index (χ2v) is 6.31. The molecule has 0 saturated heterocycles. The molecule has 0 N–H and O–H groups in total. The molecule has 2 heterocycles. The molecule has 30 heavy (non-hydrogen) atoms. The summed E-state index contributed by atoms with van der Waals surface area (Å²) >= 11 is 0. The predicted molar refractivity (Wildman–Crippen MR) is 94.1 cm³/mol. The Morgan fingerprint density at radius 1 is 1.03 bits per heavy atom. The quantitative estimate of drug-likeness (QED) is 0.543. The highest BCUT2D eigenvalue weighted by molar-refractivity contribution is 5.95. The minimum atomic E-state index is -4.53. The molecule has 0 aliphatic rings. The minimum Gasteiger partial charge on any atom is -0.439 e. The Balaban J connectivity index is 1.77. The number of carbonyl (C=O) groups is 1. The van der Waals surface area contributed by atoms with Crippen molar-refractivity contribution >= 4 is 16.8 Å². The first-order valence-corrected chi connectivity index (χ1v) is 8.36. The van der Waals surface area contributed by atoms with Crippen molar-refractivity contribution in [2.24, 2.45) is 0 Å². The molecule has 0 aliphatic carbocycles. The van der Waals surface area contributed by atoms with Crippen LogP contribution in [0.5, 0.6) is 11.6 Å². The van der Waals surface area contributed by atoms with Gasteiger partial charge in [0.15, 0.2) is 0 Å². The van der Waals surface area contributed by atoms with Gasteiger partial charge in [-0.3, -0.25) is 4.79 Å². The van der Waals surface area contributed by atoms with Crippen LogP contribution in [0.4, 0.5) is 26.3 Å². The van der Waals surface area contributed by atoms with Gasteiger partial charge in [0, 0.05) is 24.7 Å². The summed E-state index contributed by atoms with van der Waals surface area (Å²) in [5, 5.41) is 0.509. The molecular weight excluding hydrogens is 416 g/mol. The van der Waals surface area contributed by atoms with E-state index in [0.29, 0.717) is 22.0 Å². The number of rotatable bonds is 4. The number of halogens is 6. The Morgan fingerprint density at radius 3 is 2.37 bits per heavy atom. The predicted octanol–water partition coefficient (Wildman–Crippen LogP) is 5.08. The number of hydrogen-bond donors (Lipinski definition) is 0. The van der Waals surface area contributed by atoms with Crippen molar-refractivity contribution in [3.05, 3.63) is 59.9 Å². The average Bonchev–Trinajstić information content (AvgIpc) is 2.65. The SMILES string of the molecule is CN(CC(F)(F)F)C(=O)c1ccc2cc(Oc3ccc(C(F)(F)F)cn3)ccc2n1. The highest BCUT2D eigenvalue weighted by Crippen LogP contribution is 2.30. The third kappa shape index (κ3) is 5.16. The summed E-state index contributed by atoms with van der Waals surface area (Å²) in [6, 6.07) is 9.08. The number of nitrogens with zero attached hydrogens (tertiary/aromatic N) is 3. The summed E-state index contributed by atoms with van der Waals surface area (Å²) in [6.45, 7) is -1.40. The number of carbonyl (C=O) groups excluding carboxylic acids is 1. The number of fused-ring (bicyclic) bond motifs is 1. The average molecular weight is 429 g/mol. The van der Waals surface area contributed by atoms with E-state index in [0.717, 1.165) is 19.2 Å². The number of pyridine rings is 2. The van der Waals surface area contributed by atoms with E-state index in [2.05, 4.69) is 9.97 Å². The molecule has 0 aliphatic heterocycles. The van der Waals surface area contributed by atoms with Crippen LogP contribution in [0, 0.1) is 0 Å².